The maximum Gasteiger partial charge on any atom is 0.187 e. The topological polar surface area (TPSA) is 254 Å². The molecule has 3 saturated heterocycles. The SMILES string of the molecule is C[C@@H]1O[C@@H](O[C@@H]2[C@@H](N)[C@H](O)O[C@H](CO)[C@H]2O)[C@H](O)[C@H](O)[C@H]1O[C@H]1O[C@H](CO)[C@@H](O)[C@H](O)[C@H]1O. The Morgan fingerprint density at radius 2 is 1.15 bits per heavy atom. The van der Waals surface area contributed by atoms with Gasteiger partial charge in [-0.3, -0.25) is 0 Å². The summed E-state index contributed by atoms with van der Waals surface area (Å²) in [4.78, 5) is 0. The highest BCUT2D eigenvalue weighted by atomic mass is 16.7. The molecule has 0 amide bonds. The Morgan fingerprint density at radius 3 is 1.76 bits per heavy atom. The molecule has 3 fully saturated rings. The van der Waals surface area contributed by atoms with Crippen LogP contribution < -0.4 is 5.73 Å². The second-order valence-electron chi connectivity index (χ2n) is 8.41. The molecule has 3 heterocycles. The van der Waals surface area contributed by atoms with Gasteiger partial charge in [0.2, 0.25) is 0 Å². The maximum atomic E-state index is 10.6. The molecule has 3 aliphatic rings. The number of aliphatic hydroxyl groups is 9. The fourth-order valence-corrected chi connectivity index (χ4v) is 4.07. The predicted octanol–water partition coefficient (Wildman–Crippen LogP) is -6.58. The minimum Gasteiger partial charge on any atom is -0.394 e. The van der Waals surface area contributed by atoms with Gasteiger partial charge >= 0.3 is 0 Å². The zero-order valence-corrected chi connectivity index (χ0v) is 17.7. The van der Waals surface area contributed by atoms with E-state index in [1.807, 2.05) is 0 Å². The molecule has 0 unspecified atom stereocenters. The Balaban J connectivity index is 1.67. The van der Waals surface area contributed by atoms with E-state index in [0.29, 0.717) is 0 Å². The van der Waals surface area contributed by atoms with Crippen molar-refractivity contribution in [1.29, 1.82) is 0 Å². The van der Waals surface area contributed by atoms with E-state index < -0.39 is 105 Å². The molecule has 0 aromatic rings. The van der Waals surface area contributed by atoms with E-state index in [4.69, 9.17) is 29.4 Å². The van der Waals surface area contributed by atoms with Gasteiger partial charge in [0.25, 0.3) is 0 Å². The van der Waals surface area contributed by atoms with Crippen LogP contribution in [0.5, 0.6) is 0 Å². The summed E-state index contributed by atoms with van der Waals surface area (Å²) < 4.78 is 26.8. The van der Waals surface area contributed by atoms with Crippen molar-refractivity contribution in [2.75, 3.05) is 13.2 Å². The van der Waals surface area contributed by atoms with Crippen molar-refractivity contribution in [3.05, 3.63) is 0 Å². The molecule has 194 valence electrons. The summed E-state index contributed by atoms with van der Waals surface area (Å²) >= 11 is 0. The highest BCUT2D eigenvalue weighted by molar-refractivity contribution is 4.96. The normalized spacial score (nSPS) is 53.7. The van der Waals surface area contributed by atoms with Gasteiger partial charge in [0, 0.05) is 0 Å². The summed E-state index contributed by atoms with van der Waals surface area (Å²) in [5.41, 5.74) is 5.80. The van der Waals surface area contributed by atoms with E-state index in [0.717, 1.165) is 0 Å². The van der Waals surface area contributed by atoms with Crippen LogP contribution in [0.4, 0.5) is 0 Å². The van der Waals surface area contributed by atoms with Crippen molar-refractivity contribution < 1.29 is 69.6 Å². The average molecular weight is 487 g/mol. The Bertz CT molecular complexity index is 629. The van der Waals surface area contributed by atoms with E-state index in [-0.39, 0.29) is 0 Å². The van der Waals surface area contributed by atoms with E-state index in [1.165, 1.54) is 6.92 Å². The first-order valence-electron chi connectivity index (χ1n) is 10.5. The predicted molar refractivity (Wildman–Crippen MR) is 102 cm³/mol. The molecular weight excluding hydrogens is 454 g/mol. The Hall–Kier alpha value is -0.600. The zero-order valence-electron chi connectivity index (χ0n) is 17.7. The molecule has 0 aromatic heterocycles. The van der Waals surface area contributed by atoms with Crippen molar-refractivity contribution >= 4 is 0 Å². The van der Waals surface area contributed by atoms with Crippen LogP contribution in [-0.4, -0.2) is 151 Å². The standard InChI is InChI=1S/C18H33NO14/c1-4-14(32-18-12(26)10(24)8(22)5(2-20)31-18)11(25)13(27)17(29-4)33-15-7(19)16(28)30-6(3-21)9(15)23/h4-18,20-28H,2-3,19H2,1H3/t4-,5+,6+,7+,8+,9+,10-,11-,12+,13+,14-,15+,16+,17-,18+/m0/s1. The molecule has 0 aliphatic carbocycles. The van der Waals surface area contributed by atoms with Crippen LogP contribution in [0.25, 0.3) is 0 Å². The van der Waals surface area contributed by atoms with Crippen molar-refractivity contribution in [2.24, 2.45) is 5.73 Å². The first-order chi connectivity index (χ1) is 15.5. The van der Waals surface area contributed by atoms with Gasteiger partial charge in [0.1, 0.15) is 61.0 Å². The molecule has 3 rings (SSSR count). The maximum absolute atomic E-state index is 10.6. The van der Waals surface area contributed by atoms with Gasteiger partial charge in [-0.1, -0.05) is 0 Å². The van der Waals surface area contributed by atoms with Crippen molar-refractivity contribution in [3.63, 3.8) is 0 Å². The number of rotatable bonds is 6. The van der Waals surface area contributed by atoms with Gasteiger partial charge in [-0.2, -0.15) is 0 Å². The molecule has 0 spiro atoms. The van der Waals surface area contributed by atoms with E-state index in [1.54, 1.807) is 0 Å². The van der Waals surface area contributed by atoms with Gasteiger partial charge in [-0.05, 0) is 6.92 Å². The first kappa shape index (κ1) is 27.0. The molecule has 0 saturated carbocycles. The summed E-state index contributed by atoms with van der Waals surface area (Å²) in [6, 6.07) is -1.27. The van der Waals surface area contributed by atoms with Gasteiger partial charge in [-0.15, -0.1) is 0 Å². The average Bonchev–Trinajstić information content (AvgIpc) is 2.79. The number of aliphatic hydroxyl groups excluding tert-OH is 9. The Kier molecular flexibility index (Phi) is 8.99. The first-order valence-corrected chi connectivity index (χ1v) is 10.5. The third-order valence-corrected chi connectivity index (χ3v) is 6.13. The van der Waals surface area contributed by atoms with Crippen LogP contribution in [0.15, 0.2) is 0 Å². The summed E-state index contributed by atoms with van der Waals surface area (Å²) in [6.07, 6.45) is -20.8. The monoisotopic (exact) mass is 487 g/mol. The minimum absolute atomic E-state index is 0.646. The summed E-state index contributed by atoms with van der Waals surface area (Å²) in [5, 5.41) is 89.8. The van der Waals surface area contributed by atoms with Gasteiger partial charge in [0.15, 0.2) is 18.9 Å². The van der Waals surface area contributed by atoms with E-state index in [9.17, 15) is 46.0 Å². The Morgan fingerprint density at radius 1 is 0.636 bits per heavy atom. The van der Waals surface area contributed by atoms with E-state index in [2.05, 4.69) is 0 Å². The van der Waals surface area contributed by atoms with Crippen LogP contribution >= 0.6 is 0 Å². The molecule has 15 atom stereocenters. The summed E-state index contributed by atoms with van der Waals surface area (Å²) in [5.74, 6) is 0. The molecule has 15 heteroatoms. The lowest BCUT2D eigenvalue weighted by Crippen LogP contribution is -2.67. The quantitative estimate of drug-likeness (QED) is 0.167. The van der Waals surface area contributed by atoms with Crippen LogP contribution in [0.3, 0.4) is 0 Å². The van der Waals surface area contributed by atoms with Crippen molar-refractivity contribution in [2.45, 2.75) is 99.0 Å². The number of ether oxygens (including phenoxy) is 5. The van der Waals surface area contributed by atoms with Gasteiger partial charge in [-0.25, -0.2) is 0 Å². The minimum atomic E-state index is -1.76. The molecule has 3 aliphatic heterocycles. The van der Waals surface area contributed by atoms with Gasteiger partial charge < -0.3 is 75.4 Å². The zero-order chi connectivity index (χ0) is 24.6. The number of nitrogens with two attached hydrogens (primary N) is 1. The van der Waals surface area contributed by atoms with Gasteiger partial charge in [0.05, 0.1) is 25.4 Å². The molecule has 0 aromatic carbocycles. The van der Waals surface area contributed by atoms with Crippen LogP contribution in [0.1, 0.15) is 6.92 Å². The molecular formula is C18H33NO14. The fourth-order valence-electron chi connectivity index (χ4n) is 4.07. The largest absolute Gasteiger partial charge is 0.394 e. The van der Waals surface area contributed by atoms with E-state index >= 15 is 0 Å². The lowest BCUT2D eigenvalue weighted by Gasteiger charge is -2.47. The highest BCUT2D eigenvalue weighted by Gasteiger charge is 2.52. The van der Waals surface area contributed by atoms with Crippen molar-refractivity contribution in [1.82, 2.24) is 0 Å². The van der Waals surface area contributed by atoms with Crippen LogP contribution in [-0.2, 0) is 23.7 Å². The second kappa shape index (κ2) is 11.0. The Labute approximate surface area is 188 Å². The third-order valence-electron chi connectivity index (χ3n) is 6.13. The molecule has 0 bridgehead atoms. The summed E-state index contributed by atoms with van der Waals surface area (Å²) in [7, 11) is 0. The molecule has 0 radical (unpaired) electrons. The van der Waals surface area contributed by atoms with Crippen molar-refractivity contribution in [3.8, 4) is 0 Å². The summed E-state index contributed by atoms with van der Waals surface area (Å²) in [6.45, 7) is 0.107. The molecule has 11 N–H and O–H groups in total. The van der Waals surface area contributed by atoms with Crippen LogP contribution in [0, 0.1) is 0 Å². The number of hydrogen-bond donors (Lipinski definition) is 10. The lowest BCUT2D eigenvalue weighted by atomic mass is 9.96. The third kappa shape index (κ3) is 5.32. The van der Waals surface area contributed by atoms with Crippen LogP contribution in [0.2, 0.25) is 0 Å². The number of hydrogen-bond acceptors (Lipinski definition) is 15. The fraction of sp³-hybridized carbons (Fsp3) is 1.00. The smallest absolute Gasteiger partial charge is 0.187 e. The molecule has 33 heavy (non-hydrogen) atoms. The lowest BCUT2D eigenvalue weighted by molar-refractivity contribution is -0.367. The molecule has 15 nitrogen and oxygen atoms in total. The second-order valence-corrected chi connectivity index (χ2v) is 8.41. The highest BCUT2D eigenvalue weighted by Crippen LogP contribution is 2.31.